The minimum Gasteiger partial charge on any atom is -0.493 e. The van der Waals surface area contributed by atoms with Gasteiger partial charge in [-0.3, -0.25) is 4.79 Å². The van der Waals surface area contributed by atoms with Crippen LogP contribution in [-0.2, 0) is 6.42 Å². The normalized spacial score (nSPS) is 16.4. The maximum Gasteiger partial charge on any atom is 0.251 e. The van der Waals surface area contributed by atoms with E-state index in [1.807, 2.05) is 19.1 Å². The van der Waals surface area contributed by atoms with Crippen LogP contribution in [0.25, 0.3) is 0 Å². The maximum absolute atomic E-state index is 12.0. The number of ether oxygens (including phenoxy) is 1. The number of amides is 1. The molecule has 1 aliphatic heterocycles. The second kappa shape index (κ2) is 5.61. The second-order valence-electron chi connectivity index (χ2n) is 5.35. The van der Waals surface area contributed by atoms with E-state index >= 15 is 0 Å². The Morgan fingerprint density at radius 3 is 3.05 bits per heavy atom. The first-order chi connectivity index (χ1) is 9.02. The Kier molecular flexibility index (Phi) is 4.10. The van der Waals surface area contributed by atoms with Crippen molar-refractivity contribution < 1.29 is 14.6 Å². The van der Waals surface area contributed by atoms with E-state index in [0.29, 0.717) is 18.6 Å². The molecule has 0 saturated carbocycles. The Morgan fingerprint density at radius 2 is 2.32 bits per heavy atom. The van der Waals surface area contributed by atoms with E-state index in [9.17, 15) is 9.90 Å². The van der Waals surface area contributed by atoms with Crippen LogP contribution in [0.15, 0.2) is 18.2 Å². The van der Waals surface area contributed by atoms with Crippen LogP contribution in [0.5, 0.6) is 5.75 Å². The van der Waals surface area contributed by atoms with Gasteiger partial charge in [0, 0.05) is 18.5 Å². The molecule has 19 heavy (non-hydrogen) atoms. The summed E-state index contributed by atoms with van der Waals surface area (Å²) in [5.41, 5.74) is 0.856. The molecule has 2 N–H and O–H groups in total. The summed E-state index contributed by atoms with van der Waals surface area (Å²) in [5.74, 6) is 0.723. The molecule has 0 saturated heterocycles. The zero-order valence-corrected chi connectivity index (χ0v) is 11.5. The number of benzene rings is 1. The average molecular weight is 263 g/mol. The number of rotatable bonds is 5. The Labute approximate surface area is 113 Å². The monoisotopic (exact) mass is 263 g/mol. The largest absolute Gasteiger partial charge is 0.493 e. The molecular formula is C15H21NO3. The van der Waals surface area contributed by atoms with Gasteiger partial charge < -0.3 is 15.2 Å². The molecule has 1 heterocycles. The molecule has 0 fully saturated rings. The molecule has 104 valence electrons. The smallest absolute Gasteiger partial charge is 0.251 e. The number of carbonyl (C=O) groups excluding carboxylic acids is 1. The van der Waals surface area contributed by atoms with Crippen LogP contribution in [0, 0.1) is 0 Å². The van der Waals surface area contributed by atoms with Crippen molar-refractivity contribution in [2.24, 2.45) is 0 Å². The van der Waals surface area contributed by atoms with Gasteiger partial charge in [0.05, 0.1) is 12.2 Å². The van der Waals surface area contributed by atoms with Gasteiger partial charge >= 0.3 is 0 Å². The van der Waals surface area contributed by atoms with Gasteiger partial charge in [-0.05, 0) is 37.1 Å². The van der Waals surface area contributed by atoms with Gasteiger partial charge in [0.1, 0.15) is 5.75 Å². The highest BCUT2D eigenvalue weighted by Crippen LogP contribution is 2.25. The molecule has 1 atom stereocenters. The predicted molar refractivity (Wildman–Crippen MR) is 73.5 cm³/mol. The minimum absolute atomic E-state index is 0.147. The highest BCUT2D eigenvalue weighted by molar-refractivity contribution is 5.94. The van der Waals surface area contributed by atoms with E-state index in [1.165, 1.54) is 0 Å². The van der Waals surface area contributed by atoms with Crippen molar-refractivity contribution in [3.8, 4) is 5.75 Å². The zero-order valence-electron chi connectivity index (χ0n) is 11.5. The van der Waals surface area contributed by atoms with Crippen molar-refractivity contribution in [1.82, 2.24) is 5.32 Å². The first-order valence-electron chi connectivity index (χ1n) is 6.78. The number of fused-ring (bicyclic) bond motifs is 1. The van der Waals surface area contributed by atoms with E-state index < -0.39 is 5.60 Å². The lowest BCUT2D eigenvalue weighted by Crippen LogP contribution is -2.40. The number of aliphatic hydroxyl groups is 1. The van der Waals surface area contributed by atoms with Crippen molar-refractivity contribution in [2.45, 2.75) is 38.7 Å². The summed E-state index contributed by atoms with van der Waals surface area (Å²) in [6.45, 7) is 4.71. The van der Waals surface area contributed by atoms with Crippen LogP contribution in [-0.4, -0.2) is 29.8 Å². The van der Waals surface area contributed by atoms with E-state index in [0.717, 1.165) is 24.2 Å². The van der Waals surface area contributed by atoms with Crippen molar-refractivity contribution in [3.05, 3.63) is 29.3 Å². The number of hydrogen-bond donors (Lipinski definition) is 2. The first kappa shape index (κ1) is 13.9. The molecule has 1 aromatic carbocycles. The third-order valence-electron chi connectivity index (χ3n) is 3.37. The van der Waals surface area contributed by atoms with Gasteiger partial charge in [0.2, 0.25) is 0 Å². The molecule has 1 amide bonds. The summed E-state index contributed by atoms with van der Waals surface area (Å²) < 4.78 is 5.41. The number of carbonyl (C=O) groups is 1. The van der Waals surface area contributed by atoms with Gasteiger partial charge in [-0.25, -0.2) is 0 Å². The van der Waals surface area contributed by atoms with Crippen LogP contribution in [0.4, 0.5) is 0 Å². The fourth-order valence-corrected chi connectivity index (χ4v) is 2.33. The van der Waals surface area contributed by atoms with Gasteiger partial charge in [-0.15, -0.1) is 0 Å². The van der Waals surface area contributed by atoms with Crippen LogP contribution in [0.1, 0.15) is 42.6 Å². The van der Waals surface area contributed by atoms with Crippen molar-refractivity contribution in [3.63, 3.8) is 0 Å². The molecule has 0 aliphatic carbocycles. The van der Waals surface area contributed by atoms with E-state index in [2.05, 4.69) is 5.32 Å². The third kappa shape index (κ3) is 3.47. The van der Waals surface area contributed by atoms with Gasteiger partial charge in [0.15, 0.2) is 0 Å². The van der Waals surface area contributed by atoms with E-state index in [4.69, 9.17) is 4.74 Å². The lowest BCUT2D eigenvalue weighted by molar-refractivity contribution is 0.0469. The van der Waals surface area contributed by atoms with Crippen molar-refractivity contribution in [1.29, 1.82) is 0 Å². The number of nitrogens with one attached hydrogen (secondary N) is 1. The van der Waals surface area contributed by atoms with Gasteiger partial charge in [-0.1, -0.05) is 13.3 Å². The van der Waals surface area contributed by atoms with Gasteiger partial charge in [-0.2, -0.15) is 0 Å². The highest BCUT2D eigenvalue weighted by Gasteiger charge is 2.21. The Balaban J connectivity index is 1.97. The molecule has 1 aliphatic rings. The standard InChI is InChI=1S/C15H21NO3/c1-3-7-15(2,18)10-16-14(17)12-4-5-13-11(9-12)6-8-19-13/h4-5,9,18H,3,6-8,10H2,1-2H3,(H,16,17). The highest BCUT2D eigenvalue weighted by atomic mass is 16.5. The topological polar surface area (TPSA) is 58.6 Å². The summed E-state index contributed by atoms with van der Waals surface area (Å²) in [5, 5.41) is 12.8. The molecule has 4 heteroatoms. The molecule has 4 nitrogen and oxygen atoms in total. The Bertz CT molecular complexity index is 468. The summed E-state index contributed by atoms with van der Waals surface area (Å²) in [7, 11) is 0. The summed E-state index contributed by atoms with van der Waals surface area (Å²) >= 11 is 0. The molecule has 0 spiro atoms. The van der Waals surface area contributed by atoms with Crippen LogP contribution < -0.4 is 10.1 Å². The first-order valence-corrected chi connectivity index (χ1v) is 6.78. The number of hydrogen-bond acceptors (Lipinski definition) is 3. The van der Waals surface area contributed by atoms with Crippen molar-refractivity contribution in [2.75, 3.05) is 13.2 Å². The second-order valence-corrected chi connectivity index (χ2v) is 5.35. The van der Waals surface area contributed by atoms with Crippen LogP contribution in [0.2, 0.25) is 0 Å². The van der Waals surface area contributed by atoms with Crippen LogP contribution >= 0.6 is 0 Å². The summed E-state index contributed by atoms with van der Waals surface area (Å²) in [4.78, 5) is 12.0. The molecular weight excluding hydrogens is 242 g/mol. The third-order valence-corrected chi connectivity index (χ3v) is 3.37. The molecule has 0 radical (unpaired) electrons. The van der Waals surface area contributed by atoms with Crippen LogP contribution in [0.3, 0.4) is 0 Å². The lowest BCUT2D eigenvalue weighted by atomic mass is 10.0. The molecule has 1 unspecified atom stereocenters. The minimum atomic E-state index is -0.843. The molecule has 0 aromatic heterocycles. The van der Waals surface area contributed by atoms with E-state index in [-0.39, 0.29) is 12.5 Å². The zero-order chi connectivity index (χ0) is 13.9. The fraction of sp³-hybridized carbons (Fsp3) is 0.533. The summed E-state index contributed by atoms with van der Waals surface area (Å²) in [6.07, 6.45) is 2.41. The SMILES string of the molecule is CCCC(C)(O)CNC(=O)c1ccc2c(c1)CCO2. The predicted octanol–water partition coefficient (Wildman–Crippen LogP) is 1.90. The molecule has 1 aromatic rings. The maximum atomic E-state index is 12.0. The summed E-state index contributed by atoms with van der Waals surface area (Å²) in [6, 6.07) is 5.46. The Morgan fingerprint density at radius 1 is 1.53 bits per heavy atom. The quantitative estimate of drug-likeness (QED) is 0.853. The fourth-order valence-electron chi connectivity index (χ4n) is 2.33. The average Bonchev–Trinajstić information content (AvgIpc) is 2.83. The van der Waals surface area contributed by atoms with Gasteiger partial charge in [0.25, 0.3) is 5.91 Å². The molecule has 0 bridgehead atoms. The molecule has 2 rings (SSSR count). The lowest BCUT2D eigenvalue weighted by Gasteiger charge is -2.22. The van der Waals surface area contributed by atoms with E-state index in [1.54, 1.807) is 13.0 Å². The van der Waals surface area contributed by atoms with Crippen molar-refractivity contribution >= 4 is 5.91 Å². The Hall–Kier alpha value is -1.55.